The molecule has 0 heterocycles. The highest BCUT2D eigenvalue weighted by Crippen LogP contribution is 2.06. The molecule has 0 aromatic rings. The number of nitrogens with zero attached hydrogens (tertiary/aromatic N) is 1. The second kappa shape index (κ2) is 7.92. The van der Waals surface area contributed by atoms with E-state index in [0.29, 0.717) is 19.7 Å². The molecule has 0 saturated carbocycles. The zero-order valence-corrected chi connectivity index (χ0v) is 11.9. The van der Waals surface area contributed by atoms with Gasteiger partial charge in [0, 0.05) is 20.2 Å². The summed E-state index contributed by atoms with van der Waals surface area (Å²) in [4.78, 5) is 24.7. The second-order valence-electron chi connectivity index (χ2n) is 4.82. The second-order valence-corrected chi connectivity index (χ2v) is 4.82. The maximum Gasteiger partial charge on any atom is 0.408 e. The van der Waals surface area contributed by atoms with Crippen molar-refractivity contribution >= 4 is 12.0 Å². The number of carbonyl (C=O) groups excluding carboxylic acids is 2. The average molecular weight is 260 g/mol. The Morgan fingerprint density at radius 2 is 1.89 bits per heavy atom. The molecule has 0 aliphatic carbocycles. The monoisotopic (exact) mass is 260 g/mol. The first-order valence-electron chi connectivity index (χ1n) is 6.03. The highest BCUT2D eigenvalue weighted by Gasteiger charge is 2.18. The van der Waals surface area contributed by atoms with E-state index in [0.717, 1.165) is 0 Å². The molecule has 0 aromatic carbocycles. The first kappa shape index (κ1) is 16.7. The van der Waals surface area contributed by atoms with Crippen LogP contribution in [0, 0.1) is 0 Å². The van der Waals surface area contributed by atoms with Gasteiger partial charge in [-0.25, -0.2) is 4.79 Å². The molecule has 106 valence electrons. The molecule has 0 rings (SSSR count). The summed E-state index contributed by atoms with van der Waals surface area (Å²) in [5, 5.41) is 2.44. The fourth-order valence-electron chi connectivity index (χ4n) is 1.23. The molecule has 0 spiro atoms. The summed E-state index contributed by atoms with van der Waals surface area (Å²) in [5.74, 6) is -0.152. The van der Waals surface area contributed by atoms with Gasteiger partial charge in [0.15, 0.2) is 0 Å². The lowest BCUT2D eigenvalue weighted by molar-refractivity contribution is -0.130. The van der Waals surface area contributed by atoms with Gasteiger partial charge in [-0.05, 0) is 27.7 Å². The van der Waals surface area contributed by atoms with Crippen molar-refractivity contribution in [1.82, 2.24) is 10.2 Å². The molecule has 0 bridgehead atoms. The Balaban J connectivity index is 4.03. The van der Waals surface area contributed by atoms with Crippen molar-refractivity contribution in [3.63, 3.8) is 0 Å². The number of hydrogen-bond donors (Lipinski definition) is 1. The van der Waals surface area contributed by atoms with Gasteiger partial charge in [0.2, 0.25) is 5.91 Å². The third kappa shape index (κ3) is 7.89. The largest absolute Gasteiger partial charge is 0.444 e. The van der Waals surface area contributed by atoms with Crippen LogP contribution in [0.1, 0.15) is 27.7 Å². The molecule has 18 heavy (non-hydrogen) atoms. The quantitative estimate of drug-likeness (QED) is 0.774. The van der Waals surface area contributed by atoms with Crippen molar-refractivity contribution in [2.45, 2.75) is 33.3 Å². The number of ether oxygens (including phenoxy) is 2. The molecule has 1 N–H and O–H groups in total. The van der Waals surface area contributed by atoms with Gasteiger partial charge in [0.1, 0.15) is 12.1 Å². The minimum Gasteiger partial charge on any atom is -0.444 e. The van der Waals surface area contributed by atoms with Crippen LogP contribution in [0.3, 0.4) is 0 Å². The number of alkyl carbamates (subject to hydrolysis) is 1. The molecule has 0 saturated heterocycles. The highest BCUT2D eigenvalue weighted by molar-refractivity contribution is 5.82. The summed E-state index contributed by atoms with van der Waals surface area (Å²) < 4.78 is 9.95. The Hall–Kier alpha value is -1.30. The van der Waals surface area contributed by atoms with E-state index in [2.05, 4.69) is 5.32 Å². The molecule has 0 aliphatic rings. The van der Waals surface area contributed by atoms with Gasteiger partial charge in [-0.1, -0.05) is 0 Å². The zero-order valence-electron chi connectivity index (χ0n) is 11.9. The lowest BCUT2D eigenvalue weighted by Crippen LogP contribution is -2.42. The number of hydrogen-bond acceptors (Lipinski definition) is 4. The van der Waals surface area contributed by atoms with E-state index >= 15 is 0 Å². The Morgan fingerprint density at radius 3 is 2.33 bits per heavy atom. The van der Waals surface area contributed by atoms with Gasteiger partial charge in [-0.3, -0.25) is 4.79 Å². The standard InChI is InChI=1S/C12H24N2O4/c1-6-14(7-8-17-5)10(15)9-13-11(16)18-12(2,3)4/h6-9H2,1-5H3,(H,13,16). The van der Waals surface area contributed by atoms with E-state index in [1.54, 1.807) is 32.8 Å². The van der Waals surface area contributed by atoms with Crippen LogP contribution < -0.4 is 5.32 Å². The average Bonchev–Trinajstić information content (AvgIpc) is 2.25. The van der Waals surface area contributed by atoms with Crippen LogP contribution >= 0.6 is 0 Å². The number of carbonyl (C=O) groups is 2. The number of rotatable bonds is 6. The van der Waals surface area contributed by atoms with Gasteiger partial charge in [0.25, 0.3) is 0 Å². The minimum absolute atomic E-state index is 0.0630. The lowest BCUT2D eigenvalue weighted by atomic mass is 10.2. The van der Waals surface area contributed by atoms with Crippen LogP contribution in [0.15, 0.2) is 0 Å². The summed E-state index contributed by atoms with van der Waals surface area (Å²) in [7, 11) is 1.58. The van der Waals surface area contributed by atoms with E-state index in [1.807, 2.05) is 6.92 Å². The number of amides is 2. The topological polar surface area (TPSA) is 67.9 Å². The molecule has 0 aromatic heterocycles. The lowest BCUT2D eigenvalue weighted by Gasteiger charge is -2.22. The number of likely N-dealkylation sites (N-methyl/N-ethyl adjacent to an activating group) is 1. The van der Waals surface area contributed by atoms with Crippen molar-refractivity contribution in [2.24, 2.45) is 0 Å². The predicted octanol–water partition coefficient (Wildman–Crippen LogP) is 1.01. The van der Waals surface area contributed by atoms with Gasteiger partial charge in [-0.2, -0.15) is 0 Å². The first-order valence-corrected chi connectivity index (χ1v) is 6.03. The third-order valence-electron chi connectivity index (χ3n) is 2.08. The van der Waals surface area contributed by atoms with Crippen LogP contribution in [-0.2, 0) is 14.3 Å². The fraction of sp³-hybridized carbons (Fsp3) is 0.833. The maximum atomic E-state index is 11.8. The fourth-order valence-corrected chi connectivity index (χ4v) is 1.23. The van der Waals surface area contributed by atoms with Crippen LogP contribution in [0.4, 0.5) is 4.79 Å². The Kier molecular flexibility index (Phi) is 7.35. The van der Waals surface area contributed by atoms with Gasteiger partial charge >= 0.3 is 6.09 Å². The minimum atomic E-state index is -0.585. The Labute approximate surface area is 109 Å². The molecule has 6 heteroatoms. The highest BCUT2D eigenvalue weighted by atomic mass is 16.6. The Bertz CT molecular complexity index is 274. The van der Waals surface area contributed by atoms with Gasteiger partial charge in [0.05, 0.1) is 6.61 Å². The van der Waals surface area contributed by atoms with Crippen molar-refractivity contribution < 1.29 is 19.1 Å². The normalized spacial score (nSPS) is 10.9. The summed E-state index contributed by atoms with van der Waals surface area (Å²) in [5.41, 5.74) is -0.562. The molecule has 0 atom stereocenters. The molecule has 0 radical (unpaired) electrons. The van der Waals surface area contributed by atoms with Crippen molar-refractivity contribution in [2.75, 3.05) is 33.4 Å². The summed E-state index contributed by atoms with van der Waals surface area (Å²) >= 11 is 0. The summed E-state index contributed by atoms with van der Waals surface area (Å²) in [6, 6.07) is 0. The third-order valence-corrected chi connectivity index (χ3v) is 2.08. The van der Waals surface area contributed by atoms with Crippen LogP contribution in [0.5, 0.6) is 0 Å². The van der Waals surface area contributed by atoms with Crippen LogP contribution in [0.2, 0.25) is 0 Å². The first-order chi connectivity index (χ1) is 8.30. The summed E-state index contributed by atoms with van der Waals surface area (Å²) in [6.07, 6.45) is -0.585. The maximum absolute atomic E-state index is 11.8. The SMILES string of the molecule is CCN(CCOC)C(=O)CNC(=O)OC(C)(C)C. The zero-order chi connectivity index (χ0) is 14.2. The molecule has 0 fully saturated rings. The predicted molar refractivity (Wildman–Crippen MR) is 68.4 cm³/mol. The van der Waals surface area contributed by atoms with E-state index < -0.39 is 11.7 Å². The molecule has 0 unspecified atom stereocenters. The van der Waals surface area contributed by atoms with E-state index in [4.69, 9.17) is 9.47 Å². The van der Waals surface area contributed by atoms with Gasteiger partial charge < -0.3 is 19.7 Å². The van der Waals surface area contributed by atoms with Crippen LogP contribution in [-0.4, -0.2) is 55.9 Å². The number of methoxy groups -OCH3 is 1. The molecule has 2 amide bonds. The molecule has 6 nitrogen and oxygen atoms in total. The smallest absolute Gasteiger partial charge is 0.408 e. The van der Waals surface area contributed by atoms with Crippen molar-refractivity contribution in [3.8, 4) is 0 Å². The van der Waals surface area contributed by atoms with E-state index in [-0.39, 0.29) is 12.5 Å². The molecular formula is C12H24N2O4. The van der Waals surface area contributed by atoms with Crippen molar-refractivity contribution in [1.29, 1.82) is 0 Å². The Morgan fingerprint density at radius 1 is 1.28 bits per heavy atom. The van der Waals surface area contributed by atoms with E-state index in [9.17, 15) is 9.59 Å². The molecule has 0 aliphatic heterocycles. The van der Waals surface area contributed by atoms with Crippen LogP contribution in [0.25, 0.3) is 0 Å². The van der Waals surface area contributed by atoms with Crippen molar-refractivity contribution in [3.05, 3.63) is 0 Å². The van der Waals surface area contributed by atoms with Gasteiger partial charge in [-0.15, -0.1) is 0 Å². The molecular weight excluding hydrogens is 236 g/mol. The number of nitrogens with one attached hydrogen (secondary N) is 1. The summed E-state index contributed by atoms with van der Waals surface area (Å²) in [6.45, 7) is 8.70. The van der Waals surface area contributed by atoms with E-state index in [1.165, 1.54) is 0 Å².